The van der Waals surface area contributed by atoms with Crippen LogP contribution in [0, 0.1) is 0 Å². The van der Waals surface area contributed by atoms with Crippen molar-refractivity contribution in [3.05, 3.63) is 57.7 Å². The Bertz CT molecular complexity index is 959. The largest absolute Gasteiger partial charge is 0.493 e. The first-order valence-electron chi connectivity index (χ1n) is 7.46. The maximum atomic E-state index is 11.5. The maximum absolute atomic E-state index is 11.5. The van der Waals surface area contributed by atoms with Crippen LogP contribution in [0.5, 0.6) is 11.5 Å². The molecule has 0 saturated carbocycles. The first kappa shape index (κ1) is 18.0. The molecule has 0 fully saturated rings. The highest BCUT2D eigenvalue weighted by Gasteiger charge is 2.20. The Morgan fingerprint density at radius 3 is 2.62 bits per heavy atom. The van der Waals surface area contributed by atoms with Crippen LogP contribution >= 0.6 is 23.2 Å². The molecule has 1 aromatic heterocycles. The molecule has 0 spiro atoms. The monoisotopic (exact) mass is 392 g/mol. The van der Waals surface area contributed by atoms with E-state index in [-0.39, 0.29) is 18.0 Å². The molecule has 2 aromatic carbocycles. The highest BCUT2D eigenvalue weighted by Crippen LogP contribution is 2.39. The van der Waals surface area contributed by atoms with Crippen molar-refractivity contribution in [3.8, 4) is 22.8 Å². The summed E-state index contributed by atoms with van der Waals surface area (Å²) >= 11 is 12.5. The van der Waals surface area contributed by atoms with Crippen LogP contribution in [0.15, 0.2) is 36.4 Å². The molecule has 3 N–H and O–H groups in total. The lowest BCUT2D eigenvalue weighted by Crippen LogP contribution is -2.12. The quantitative estimate of drug-likeness (QED) is 0.668. The highest BCUT2D eigenvalue weighted by atomic mass is 35.5. The van der Waals surface area contributed by atoms with E-state index in [2.05, 4.69) is 15.4 Å². The number of ether oxygens (including phenoxy) is 2. The average Bonchev–Trinajstić information content (AvgIpc) is 3.11. The van der Waals surface area contributed by atoms with E-state index >= 15 is 0 Å². The fourth-order valence-electron chi connectivity index (χ4n) is 2.35. The van der Waals surface area contributed by atoms with Crippen molar-refractivity contribution >= 4 is 29.1 Å². The fraction of sp³-hybridized carbons (Fsp3) is 0.118. The number of halogens is 2. The molecule has 0 atom stereocenters. The standard InChI is InChI=1S/C17H14Cl2N4O3/c1-25-13-6-10(15-16(17(20)24)22-23-21-15)12(19)7-14(13)26-8-9-4-2-3-5-11(9)18/h2-7H,8H2,1H3,(H2,20,24)(H,21,22,23). The molecule has 0 aliphatic carbocycles. The molecule has 0 aliphatic rings. The summed E-state index contributed by atoms with van der Waals surface area (Å²) in [6.45, 7) is 0.238. The molecule has 0 aliphatic heterocycles. The van der Waals surface area contributed by atoms with Crippen LogP contribution in [0.1, 0.15) is 16.1 Å². The molecule has 3 rings (SSSR count). The van der Waals surface area contributed by atoms with E-state index in [0.717, 1.165) is 5.56 Å². The Morgan fingerprint density at radius 2 is 1.92 bits per heavy atom. The number of carbonyl (C=O) groups is 1. The molecule has 0 unspecified atom stereocenters. The van der Waals surface area contributed by atoms with E-state index in [1.165, 1.54) is 7.11 Å². The Balaban J connectivity index is 1.94. The summed E-state index contributed by atoms with van der Waals surface area (Å²) in [5.74, 6) is 0.114. The second-order valence-electron chi connectivity index (χ2n) is 5.25. The van der Waals surface area contributed by atoms with Gasteiger partial charge in [-0.3, -0.25) is 4.79 Å². The summed E-state index contributed by atoms with van der Waals surface area (Å²) < 4.78 is 11.2. The van der Waals surface area contributed by atoms with Crippen LogP contribution in [-0.2, 0) is 6.61 Å². The number of aromatic amines is 1. The Kier molecular flexibility index (Phi) is 5.29. The lowest BCUT2D eigenvalue weighted by atomic mass is 10.1. The van der Waals surface area contributed by atoms with Gasteiger partial charge in [0, 0.05) is 22.2 Å². The minimum Gasteiger partial charge on any atom is -0.493 e. The normalized spacial score (nSPS) is 10.6. The number of hydrogen-bond donors (Lipinski definition) is 2. The molecule has 26 heavy (non-hydrogen) atoms. The Labute approximate surface area is 159 Å². The molecule has 1 amide bonds. The molecule has 134 valence electrons. The van der Waals surface area contributed by atoms with Crippen molar-refractivity contribution in [2.45, 2.75) is 6.61 Å². The van der Waals surface area contributed by atoms with Gasteiger partial charge >= 0.3 is 0 Å². The van der Waals surface area contributed by atoms with E-state index in [1.54, 1.807) is 18.2 Å². The molecule has 3 aromatic rings. The van der Waals surface area contributed by atoms with Crippen molar-refractivity contribution < 1.29 is 14.3 Å². The van der Waals surface area contributed by atoms with Crippen LogP contribution in [0.2, 0.25) is 10.0 Å². The third kappa shape index (κ3) is 3.58. The van der Waals surface area contributed by atoms with Crippen molar-refractivity contribution in [1.82, 2.24) is 15.4 Å². The number of nitrogens with one attached hydrogen (secondary N) is 1. The van der Waals surface area contributed by atoms with Crippen molar-refractivity contribution in [2.75, 3.05) is 7.11 Å². The number of amides is 1. The average molecular weight is 393 g/mol. The van der Waals surface area contributed by atoms with Crippen LogP contribution in [0.3, 0.4) is 0 Å². The van der Waals surface area contributed by atoms with Gasteiger partial charge in [-0.15, -0.1) is 0 Å². The SMILES string of the molecule is COc1cc(-c2n[nH]nc2C(N)=O)c(Cl)cc1OCc1ccccc1Cl. The van der Waals surface area contributed by atoms with Gasteiger partial charge in [0.15, 0.2) is 17.2 Å². The van der Waals surface area contributed by atoms with Gasteiger partial charge < -0.3 is 15.2 Å². The van der Waals surface area contributed by atoms with E-state index in [1.807, 2.05) is 18.2 Å². The number of benzene rings is 2. The topological polar surface area (TPSA) is 103 Å². The van der Waals surface area contributed by atoms with Crippen LogP contribution in [0.4, 0.5) is 0 Å². The Morgan fingerprint density at radius 1 is 1.15 bits per heavy atom. The fourth-order valence-corrected chi connectivity index (χ4v) is 2.78. The summed E-state index contributed by atoms with van der Waals surface area (Å²) in [7, 11) is 1.49. The second-order valence-corrected chi connectivity index (χ2v) is 6.06. The number of nitrogens with zero attached hydrogens (tertiary/aromatic N) is 2. The smallest absolute Gasteiger partial charge is 0.271 e. The second kappa shape index (κ2) is 7.63. The van der Waals surface area contributed by atoms with E-state index in [4.69, 9.17) is 38.4 Å². The summed E-state index contributed by atoms with van der Waals surface area (Å²) in [5.41, 5.74) is 6.78. The first-order chi connectivity index (χ1) is 12.5. The molecule has 1 heterocycles. The van der Waals surface area contributed by atoms with E-state index in [9.17, 15) is 4.79 Å². The number of rotatable bonds is 6. The summed E-state index contributed by atoms with van der Waals surface area (Å²) in [6.07, 6.45) is 0. The number of hydrogen-bond acceptors (Lipinski definition) is 5. The van der Waals surface area contributed by atoms with Gasteiger partial charge in [0.1, 0.15) is 12.3 Å². The zero-order chi connectivity index (χ0) is 18.7. The molecule has 0 saturated heterocycles. The maximum Gasteiger partial charge on any atom is 0.271 e. The van der Waals surface area contributed by atoms with Gasteiger partial charge in [-0.25, -0.2) is 0 Å². The minimum absolute atomic E-state index is 0.0151. The van der Waals surface area contributed by atoms with Crippen molar-refractivity contribution in [3.63, 3.8) is 0 Å². The van der Waals surface area contributed by atoms with Gasteiger partial charge in [0.05, 0.1) is 12.1 Å². The number of carbonyl (C=O) groups excluding carboxylic acids is 1. The number of H-pyrrole nitrogens is 1. The predicted octanol–water partition coefficient (Wildman–Crippen LogP) is 3.47. The van der Waals surface area contributed by atoms with Crippen LogP contribution in [-0.4, -0.2) is 28.4 Å². The molecule has 9 heteroatoms. The number of aromatic nitrogens is 3. The molecular formula is C17H14Cl2N4O3. The first-order valence-corrected chi connectivity index (χ1v) is 8.21. The zero-order valence-corrected chi connectivity index (χ0v) is 15.1. The van der Waals surface area contributed by atoms with Crippen LogP contribution < -0.4 is 15.2 Å². The van der Waals surface area contributed by atoms with Gasteiger partial charge in [-0.05, 0) is 12.1 Å². The van der Waals surface area contributed by atoms with Crippen molar-refractivity contribution in [1.29, 1.82) is 0 Å². The molecule has 0 bridgehead atoms. The predicted molar refractivity (Wildman–Crippen MR) is 97.7 cm³/mol. The molecule has 7 nitrogen and oxygen atoms in total. The van der Waals surface area contributed by atoms with Gasteiger partial charge in [-0.2, -0.15) is 15.4 Å². The number of methoxy groups -OCH3 is 1. The highest BCUT2D eigenvalue weighted by molar-refractivity contribution is 6.33. The van der Waals surface area contributed by atoms with E-state index in [0.29, 0.717) is 27.1 Å². The Hall–Kier alpha value is -2.77. The lowest BCUT2D eigenvalue weighted by molar-refractivity contribution is 0.0996. The number of primary amides is 1. The minimum atomic E-state index is -0.720. The van der Waals surface area contributed by atoms with Crippen molar-refractivity contribution in [2.24, 2.45) is 5.73 Å². The van der Waals surface area contributed by atoms with E-state index < -0.39 is 5.91 Å². The molecule has 0 radical (unpaired) electrons. The summed E-state index contributed by atoms with van der Waals surface area (Å²) in [4.78, 5) is 11.5. The third-order valence-electron chi connectivity index (χ3n) is 3.63. The van der Waals surface area contributed by atoms with Gasteiger partial charge in [0.2, 0.25) is 0 Å². The zero-order valence-electron chi connectivity index (χ0n) is 13.6. The summed E-state index contributed by atoms with van der Waals surface area (Å²) in [5, 5.41) is 11.0. The lowest BCUT2D eigenvalue weighted by Gasteiger charge is -2.14. The van der Waals surface area contributed by atoms with Gasteiger partial charge in [0.25, 0.3) is 5.91 Å². The summed E-state index contributed by atoms with van der Waals surface area (Å²) in [6, 6.07) is 10.5. The number of nitrogens with two attached hydrogens (primary N) is 1. The van der Waals surface area contributed by atoms with Crippen LogP contribution in [0.25, 0.3) is 11.3 Å². The third-order valence-corrected chi connectivity index (χ3v) is 4.31. The van der Waals surface area contributed by atoms with Gasteiger partial charge in [-0.1, -0.05) is 41.4 Å². The molecular weight excluding hydrogens is 379 g/mol.